The topological polar surface area (TPSA) is 113 Å². The number of carboxylic acids is 1. The van der Waals surface area contributed by atoms with Gasteiger partial charge in [0.25, 0.3) is 0 Å². The maximum absolute atomic E-state index is 10.8. The second-order valence-electron chi connectivity index (χ2n) is 5.13. The van der Waals surface area contributed by atoms with Crippen LogP contribution in [0.5, 0.6) is 0 Å². The highest BCUT2D eigenvalue weighted by Crippen LogP contribution is 2.20. The molecule has 0 aliphatic heterocycles. The van der Waals surface area contributed by atoms with Crippen LogP contribution < -0.4 is 10.6 Å². The zero-order valence-electron chi connectivity index (χ0n) is 13.3. The molecule has 0 aromatic carbocycles. The quantitative estimate of drug-likeness (QED) is 0.601. The van der Waals surface area contributed by atoms with E-state index in [2.05, 4.69) is 30.6 Å². The van der Waals surface area contributed by atoms with Crippen molar-refractivity contribution in [1.82, 2.24) is 19.9 Å². The zero-order valence-corrected chi connectivity index (χ0v) is 13.3. The fourth-order valence-corrected chi connectivity index (χ4v) is 2.12. The molecule has 0 saturated carbocycles. The SMILES string of the molecule is O=C(O)CNc1nc(NCc2ccccn2)cc(-c2cccnc2)n1. The maximum Gasteiger partial charge on any atom is 0.322 e. The summed E-state index contributed by atoms with van der Waals surface area (Å²) in [5.74, 6) is -0.196. The van der Waals surface area contributed by atoms with Crippen LogP contribution in [0.3, 0.4) is 0 Å². The predicted molar refractivity (Wildman–Crippen MR) is 93.0 cm³/mol. The molecule has 0 unspecified atom stereocenters. The molecular formula is C17H16N6O2. The number of nitrogens with zero attached hydrogens (tertiary/aromatic N) is 4. The lowest BCUT2D eigenvalue weighted by Gasteiger charge is -2.10. The average Bonchev–Trinajstić information content (AvgIpc) is 2.66. The van der Waals surface area contributed by atoms with Gasteiger partial charge >= 0.3 is 5.97 Å². The number of rotatable bonds is 7. The van der Waals surface area contributed by atoms with Crippen molar-refractivity contribution < 1.29 is 9.90 Å². The van der Waals surface area contributed by atoms with Gasteiger partial charge in [0.1, 0.15) is 12.4 Å². The number of carbonyl (C=O) groups is 1. The van der Waals surface area contributed by atoms with E-state index in [4.69, 9.17) is 5.11 Å². The van der Waals surface area contributed by atoms with Gasteiger partial charge in [-0.1, -0.05) is 6.07 Å². The van der Waals surface area contributed by atoms with Crippen molar-refractivity contribution in [3.8, 4) is 11.3 Å². The highest BCUT2D eigenvalue weighted by atomic mass is 16.4. The molecule has 0 amide bonds. The highest BCUT2D eigenvalue weighted by molar-refractivity contribution is 5.72. The summed E-state index contributed by atoms with van der Waals surface area (Å²) in [6.07, 6.45) is 5.08. The van der Waals surface area contributed by atoms with Gasteiger partial charge in [-0.25, -0.2) is 4.98 Å². The molecule has 8 nitrogen and oxygen atoms in total. The Hall–Kier alpha value is -3.55. The Bertz CT molecular complexity index is 842. The van der Waals surface area contributed by atoms with Crippen LogP contribution in [0.2, 0.25) is 0 Å². The molecule has 25 heavy (non-hydrogen) atoms. The van der Waals surface area contributed by atoms with Gasteiger partial charge in [0, 0.05) is 30.2 Å². The van der Waals surface area contributed by atoms with Gasteiger partial charge in [0.2, 0.25) is 5.95 Å². The van der Waals surface area contributed by atoms with E-state index >= 15 is 0 Å². The molecule has 0 aliphatic carbocycles. The van der Waals surface area contributed by atoms with Crippen LogP contribution in [0, 0.1) is 0 Å². The van der Waals surface area contributed by atoms with E-state index in [1.54, 1.807) is 24.7 Å². The Morgan fingerprint density at radius 2 is 2.00 bits per heavy atom. The molecule has 3 heterocycles. The Labute approximate surface area is 144 Å². The van der Waals surface area contributed by atoms with Crippen LogP contribution in [0.25, 0.3) is 11.3 Å². The fraction of sp³-hybridized carbons (Fsp3) is 0.118. The molecule has 126 valence electrons. The third kappa shape index (κ3) is 4.71. The van der Waals surface area contributed by atoms with Gasteiger partial charge in [-0.2, -0.15) is 4.98 Å². The van der Waals surface area contributed by atoms with Crippen LogP contribution in [0.1, 0.15) is 5.69 Å². The second-order valence-corrected chi connectivity index (χ2v) is 5.13. The molecule has 0 radical (unpaired) electrons. The van der Waals surface area contributed by atoms with E-state index < -0.39 is 5.97 Å². The fourth-order valence-electron chi connectivity index (χ4n) is 2.12. The summed E-state index contributed by atoms with van der Waals surface area (Å²) >= 11 is 0. The standard InChI is InChI=1S/C17H16N6O2/c24-16(25)11-21-17-22-14(12-4-3-6-18-9-12)8-15(23-17)20-10-13-5-1-2-7-19-13/h1-9H,10-11H2,(H,24,25)(H2,20,21,22,23). The van der Waals surface area contributed by atoms with E-state index in [1.165, 1.54) is 0 Å². The van der Waals surface area contributed by atoms with Gasteiger partial charge in [-0.3, -0.25) is 14.8 Å². The van der Waals surface area contributed by atoms with Crippen molar-refractivity contribution in [2.75, 3.05) is 17.2 Å². The molecule has 3 N–H and O–H groups in total. The number of aromatic nitrogens is 4. The maximum atomic E-state index is 10.8. The number of hydrogen-bond donors (Lipinski definition) is 3. The molecular weight excluding hydrogens is 320 g/mol. The van der Waals surface area contributed by atoms with Crippen LogP contribution in [0.4, 0.5) is 11.8 Å². The first-order valence-corrected chi connectivity index (χ1v) is 7.59. The number of anilines is 2. The summed E-state index contributed by atoms with van der Waals surface area (Å²) in [5, 5.41) is 14.7. The smallest absolute Gasteiger partial charge is 0.322 e. The van der Waals surface area contributed by atoms with Crippen molar-refractivity contribution in [3.63, 3.8) is 0 Å². The van der Waals surface area contributed by atoms with Crippen LogP contribution in [0.15, 0.2) is 55.0 Å². The van der Waals surface area contributed by atoms with E-state index in [0.29, 0.717) is 18.1 Å². The molecule has 0 spiro atoms. The van der Waals surface area contributed by atoms with Crippen molar-refractivity contribution in [2.24, 2.45) is 0 Å². The number of nitrogens with one attached hydrogen (secondary N) is 2. The number of pyridine rings is 2. The van der Waals surface area contributed by atoms with Gasteiger partial charge in [-0.05, 0) is 24.3 Å². The normalized spacial score (nSPS) is 10.2. The Morgan fingerprint density at radius 3 is 2.72 bits per heavy atom. The first kappa shape index (κ1) is 16.3. The lowest BCUT2D eigenvalue weighted by atomic mass is 10.2. The molecule has 3 aromatic heterocycles. The first-order valence-electron chi connectivity index (χ1n) is 7.59. The van der Waals surface area contributed by atoms with Crippen molar-refractivity contribution >= 4 is 17.7 Å². The minimum atomic E-state index is -0.988. The molecule has 0 atom stereocenters. The highest BCUT2D eigenvalue weighted by Gasteiger charge is 2.08. The molecule has 8 heteroatoms. The Balaban J connectivity index is 1.85. The van der Waals surface area contributed by atoms with Crippen molar-refractivity contribution in [1.29, 1.82) is 0 Å². The predicted octanol–water partition coefficient (Wildman–Crippen LogP) is 2.04. The van der Waals surface area contributed by atoms with E-state index in [0.717, 1.165) is 11.3 Å². The summed E-state index contributed by atoms with van der Waals surface area (Å²) in [6, 6.07) is 11.1. The number of aliphatic carboxylic acids is 1. The minimum absolute atomic E-state index is 0.229. The first-order chi connectivity index (χ1) is 12.2. The van der Waals surface area contributed by atoms with Crippen LogP contribution in [-0.2, 0) is 11.3 Å². The van der Waals surface area contributed by atoms with Gasteiger partial charge in [-0.15, -0.1) is 0 Å². The Morgan fingerprint density at radius 1 is 1.08 bits per heavy atom. The summed E-state index contributed by atoms with van der Waals surface area (Å²) in [5.41, 5.74) is 2.31. The number of hydrogen-bond acceptors (Lipinski definition) is 7. The van der Waals surface area contributed by atoms with E-state index in [-0.39, 0.29) is 12.5 Å². The number of carboxylic acid groups (broad SMARTS) is 1. The molecule has 0 bridgehead atoms. The Kier molecular flexibility index (Phi) is 5.10. The third-order valence-corrected chi connectivity index (χ3v) is 3.26. The lowest BCUT2D eigenvalue weighted by molar-refractivity contribution is -0.134. The second kappa shape index (κ2) is 7.82. The van der Waals surface area contributed by atoms with Crippen LogP contribution in [-0.4, -0.2) is 37.6 Å². The summed E-state index contributed by atoms with van der Waals surface area (Å²) < 4.78 is 0. The van der Waals surface area contributed by atoms with Gasteiger partial charge in [0.15, 0.2) is 0 Å². The molecule has 0 fully saturated rings. The third-order valence-electron chi connectivity index (χ3n) is 3.26. The van der Waals surface area contributed by atoms with Gasteiger partial charge in [0.05, 0.1) is 17.9 Å². The summed E-state index contributed by atoms with van der Waals surface area (Å²) in [6.45, 7) is 0.221. The zero-order chi connectivity index (χ0) is 17.5. The molecule has 3 aromatic rings. The summed E-state index contributed by atoms with van der Waals surface area (Å²) in [4.78, 5) is 27.8. The average molecular weight is 336 g/mol. The molecule has 3 rings (SSSR count). The van der Waals surface area contributed by atoms with E-state index in [1.807, 2.05) is 30.3 Å². The van der Waals surface area contributed by atoms with Crippen molar-refractivity contribution in [2.45, 2.75) is 6.54 Å². The largest absolute Gasteiger partial charge is 0.480 e. The molecule has 0 aliphatic rings. The molecule has 0 saturated heterocycles. The lowest BCUT2D eigenvalue weighted by Crippen LogP contribution is -2.15. The van der Waals surface area contributed by atoms with Crippen LogP contribution >= 0.6 is 0 Å². The van der Waals surface area contributed by atoms with Crippen molar-refractivity contribution in [3.05, 3.63) is 60.7 Å². The van der Waals surface area contributed by atoms with Gasteiger partial charge < -0.3 is 15.7 Å². The monoisotopic (exact) mass is 336 g/mol. The minimum Gasteiger partial charge on any atom is -0.480 e. The summed E-state index contributed by atoms with van der Waals surface area (Å²) in [7, 11) is 0. The van der Waals surface area contributed by atoms with E-state index in [9.17, 15) is 4.79 Å².